The summed E-state index contributed by atoms with van der Waals surface area (Å²) in [4.78, 5) is 24.7. The molecule has 6 heteroatoms. The Morgan fingerprint density at radius 3 is 2.14 bits per heavy atom. The highest BCUT2D eigenvalue weighted by Gasteiger charge is 2.20. The third kappa shape index (κ3) is 4.18. The topological polar surface area (TPSA) is 57.6 Å². The molecule has 0 fully saturated rings. The fraction of sp³-hybridized carbons (Fsp3) is 0.0667. The third-order valence-corrected chi connectivity index (χ3v) is 3.74. The summed E-state index contributed by atoms with van der Waals surface area (Å²) in [6.45, 7) is -0.410. The van der Waals surface area contributed by atoms with E-state index in [4.69, 9.17) is 16.7 Å². The number of aliphatic carboxylic acids is 1. The Kier molecular flexibility index (Phi) is 5.19. The number of carboxylic acids is 1. The van der Waals surface area contributed by atoms with E-state index in [1.165, 1.54) is 4.90 Å². The molecule has 1 N–H and O–H groups in total. The Morgan fingerprint density at radius 2 is 1.62 bits per heavy atom. The van der Waals surface area contributed by atoms with Gasteiger partial charge < -0.3 is 5.11 Å². The predicted molar refractivity (Wildman–Crippen MR) is 89.9 cm³/mol. The van der Waals surface area contributed by atoms with Crippen LogP contribution in [0.15, 0.2) is 48.5 Å². The monoisotopic (exact) mass is 415 g/mol. The van der Waals surface area contributed by atoms with Crippen LogP contribution in [-0.2, 0) is 4.79 Å². The Bertz CT molecular complexity index is 656. The first-order valence-corrected chi connectivity index (χ1v) is 7.48. The zero-order valence-corrected chi connectivity index (χ0v) is 13.7. The zero-order chi connectivity index (χ0) is 15.4. The van der Waals surface area contributed by atoms with Gasteiger partial charge in [0.05, 0.1) is 0 Å². The van der Waals surface area contributed by atoms with Crippen molar-refractivity contribution in [3.05, 3.63) is 62.7 Å². The van der Waals surface area contributed by atoms with Crippen molar-refractivity contribution in [2.45, 2.75) is 0 Å². The SMILES string of the molecule is O=C(O)CN(C(=O)c1ccc(I)cc1)c1ccc(Cl)cc1. The van der Waals surface area contributed by atoms with Crippen molar-refractivity contribution in [1.82, 2.24) is 0 Å². The van der Waals surface area contributed by atoms with E-state index in [1.807, 2.05) is 0 Å². The van der Waals surface area contributed by atoms with Gasteiger partial charge in [-0.15, -0.1) is 0 Å². The molecule has 1 amide bonds. The average Bonchev–Trinajstić information content (AvgIpc) is 2.46. The smallest absolute Gasteiger partial charge is 0.323 e. The van der Waals surface area contributed by atoms with Crippen LogP contribution >= 0.6 is 34.2 Å². The lowest BCUT2D eigenvalue weighted by Crippen LogP contribution is -2.35. The third-order valence-electron chi connectivity index (χ3n) is 2.77. The Morgan fingerprint density at radius 1 is 1.05 bits per heavy atom. The van der Waals surface area contributed by atoms with Gasteiger partial charge in [-0.3, -0.25) is 14.5 Å². The van der Waals surface area contributed by atoms with Crippen molar-refractivity contribution in [1.29, 1.82) is 0 Å². The largest absolute Gasteiger partial charge is 0.480 e. The van der Waals surface area contributed by atoms with E-state index >= 15 is 0 Å². The number of carboxylic acid groups (broad SMARTS) is 1. The van der Waals surface area contributed by atoms with Crippen LogP contribution in [0.2, 0.25) is 5.02 Å². The van der Waals surface area contributed by atoms with Crippen molar-refractivity contribution < 1.29 is 14.7 Å². The maximum absolute atomic E-state index is 12.5. The molecule has 0 atom stereocenters. The molecule has 4 nitrogen and oxygen atoms in total. The van der Waals surface area contributed by atoms with Gasteiger partial charge in [0.1, 0.15) is 6.54 Å². The van der Waals surface area contributed by atoms with Crippen molar-refractivity contribution in [2.75, 3.05) is 11.4 Å². The van der Waals surface area contributed by atoms with Crippen molar-refractivity contribution >= 4 is 51.8 Å². The predicted octanol–water partition coefficient (Wildman–Crippen LogP) is 3.68. The van der Waals surface area contributed by atoms with Gasteiger partial charge in [0.15, 0.2) is 0 Å². The number of amides is 1. The second-order valence-corrected chi connectivity index (χ2v) is 5.95. The van der Waals surface area contributed by atoms with Crippen LogP contribution < -0.4 is 4.90 Å². The average molecular weight is 416 g/mol. The highest BCUT2D eigenvalue weighted by atomic mass is 127. The lowest BCUT2D eigenvalue weighted by molar-refractivity contribution is -0.135. The molecule has 0 saturated heterocycles. The van der Waals surface area contributed by atoms with Gasteiger partial charge in [-0.1, -0.05) is 11.6 Å². The molecule has 21 heavy (non-hydrogen) atoms. The normalized spacial score (nSPS) is 10.2. The Hall–Kier alpha value is -1.60. The lowest BCUT2D eigenvalue weighted by Gasteiger charge is -2.21. The standard InChI is InChI=1S/C15H11ClINO3/c16-11-3-7-13(8-4-11)18(9-14(19)20)15(21)10-1-5-12(17)6-2-10/h1-8H,9H2,(H,19,20). The van der Waals surface area contributed by atoms with Gasteiger partial charge >= 0.3 is 5.97 Å². The molecule has 0 unspecified atom stereocenters. The molecule has 2 rings (SSSR count). The van der Waals surface area contributed by atoms with E-state index in [1.54, 1.807) is 48.5 Å². The number of carbonyl (C=O) groups excluding carboxylic acids is 1. The van der Waals surface area contributed by atoms with E-state index in [0.717, 1.165) is 3.57 Å². The quantitative estimate of drug-likeness (QED) is 0.775. The molecule has 0 aliphatic carbocycles. The summed E-state index contributed by atoms with van der Waals surface area (Å²) >= 11 is 7.95. The second-order valence-electron chi connectivity index (χ2n) is 4.27. The molecule has 0 bridgehead atoms. The number of carbonyl (C=O) groups is 2. The van der Waals surface area contributed by atoms with Gasteiger partial charge in [0.2, 0.25) is 0 Å². The number of hydrogen-bond donors (Lipinski definition) is 1. The Labute approximate surface area is 140 Å². The van der Waals surface area contributed by atoms with Crippen molar-refractivity contribution in [3.8, 4) is 0 Å². The van der Waals surface area contributed by atoms with Crippen LogP contribution in [0, 0.1) is 3.57 Å². The number of hydrogen-bond acceptors (Lipinski definition) is 2. The summed E-state index contributed by atoms with van der Waals surface area (Å²) in [6.07, 6.45) is 0. The minimum Gasteiger partial charge on any atom is -0.480 e. The molecule has 2 aromatic carbocycles. The first kappa shape index (κ1) is 15.8. The summed E-state index contributed by atoms with van der Waals surface area (Å²) in [7, 11) is 0. The number of benzene rings is 2. The van der Waals surface area contributed by atoms with Crippen LogP contribution in [0.1, 0.15) is 10.4 Å². The molecule has 0 heterocycles. The molecule has 2 aromatic rings. The van der Waals surface area contributed by atoms with Crippen LogP contribution in [0.5, 0.6) is 0 Å². The van der Waals surface area contributed by atoms with E-state index in [2.05, 4.69) is 22.6 Å². The summed E-state index contributed by atoms with van der Waals surface area (Å²) in [5.41, 5.74) is 0.928. The minimum absolute atomic E-state index is 0.365. The molecule has 0 spiro atoms. The summed E-state index contributed by atoms with van der Waals surface area (Å²) in [5.74, 6) is -1.44. The van der Waals surface area contributed by atoms with Crippen molar-refractivity contribution in [2.24, 2.45) is 0 Å². The Balaban J connectivity index is 2.35. The molecule has 108 valence electrons. The highest BCUT2D eigenvalue weighted by molar-refractivity contribution is 14.1. The van der Waals surface area contributed by atoms with E-state index in [0.29, 0.717) is 16.3 Å². The van der Waals surface area contributed by atoms with Crippen LogP contribution in [-0.4, -0.2) is 23.5 Å². The van der Waals surface area contributed by atoms with Gasteiger partial charge in [-0.05, 0) is 71.1 Å². The molecule has 0 aromatic heterocycles. The highest BCUT2D eigenvalue weighted by Crippen LogP contribution is 2.20. The van der Waals surface area contributed by atoms with Gasteiger partial charge in [0.25, 0.3) is 5.91 Å². The number of rotatable bonds is 4. The van der Waals surface area contributed by atoms with E-state index in [-0.39, 0.29) is 5.91 Å². The summed E-state index contributed by atoms with van der Waals surface area (Å²) < 4.78 is 1.00. The molecular formula is C15H11ClINO3. The zero-order valence-electron chi connectivity index (χ0n) is 10.8. The van der Waals surface area contributed by atoms with Crippen LogP contribution in [0.25, 0.3) is 0 Å². The number of halogens is 2. The van der Waals surface area contributed by atoms with E-state index in [9.17, 15) is 9.59 Å². The van der Waals surface area contributed by atoms with Crippen molar-refractivity contribution in [3.63, 3.8) is 0 Å². The lowest BCUT2D eigenvalue weighted by atomic mass is 10.2. The fourth-order valence-electron chi connectivity index (χ4n) is 1.78. The van der Waals surface area contributed by atoms with Gasteiger partial charge in [-0.25, -0.2) is 0 Å². The summed E-state index contributed by atoms with van der Waals surface area (Å²) in [6, 6.07) is 13.4. The first-order valence-electron chi connectivity index (χ1n) is 6.02. The number of nitrogens with zero attached hydrogens (tertiary/aromatic N) is 1. The second kappa shape index (κ2) is 6.91. The van der Waals surface area contributed by atoms with Gasteiger partial charge in [0, 0.05) is 19.8 Å². The van der Waals surface area contributed by atoms with Crippen LogP contribution in [0.3, 0.4) is 0 Å². The molecule has 0 saturated carbocycles. The molecular weight excluding hydrogens is 405 g/mol. The molecule has 0 radical (unpaired) electrons. The number of anilines is 1. The maximum atomic E-state index is 12.5. The maximum Gasteiger partial charge on any atom is 0.323 e. The first-order chi connectivity index (χ1) is 9.97. The van der Waals surface area contributed by atoms with E-state index < -0.39 is 12.5 Å². The van der Waals surface area contributed by atoms with Gasteiger partial charge in [-0.2, -0.15) is 0 Å². The fourth-order valence-corrected chi connectivity index (χ4v) is 2.27. The van der Waals surface area contributed by atoms with Crippen LogP contribution in [0.4, 0.5) is 5.69 Å². The summed E-state index contributed by atoms with van der Waals surface area (Å²) in [5, 5.41) is 9.54. The molecule has 0 aliphatic heterocycles. The molecule has 0 aliphatic rings. The minimum atomic E-state index is -1.08.